The summed E-state index contributed by atoms with van der Waals surface area (Å²) in [6.45, 7) is 17.3. The van der Waals surface area contributed by atoms with Crippen molar-refractivity contribution >= 4 is 0 Å². The van der Waals surface area contributed by atoms with Gasteiger partial charge in [-0.05, 0) is 69.3 Å². The van der Waals surface area contributed by atoms with Gasteiger partial charge in [-0.15, -0.1) is 6.58 Å². The lowest BCUT2D eigenvalue weighted by Gasteiger charge is -2.44. The van der Waals surface area contributed by atoms with Crippen LogP contribution in [0.15, 0.2) is 36.5 Å². The maximum Gasteiger partial charge on any atom is 0.0891 e. The first-order valence-electron chi connectivity index (χ1n) is 8.49. The first-order chi connectivity index (χ1) is 10.2. The molecule has 1 heterocycles. The van der Waals surface area contributed by atoms with Gasteiger partial charge in [0.2, 0.25) is 0 Å². The number of hydrogen-bond donors (Lipinski definition) is 1. The Balaban J connectivity index is 2.14. The van der Waals surface area contributed by atoms with Gasteiger partial charge in [0.05, 0.1) is 18.3 Å². The molecule has 22 heavy (non-hydrogen) atoms. The van der Waals surface area contributed by atoms with Crippen LogP contribution in [0.5, 0.6) is 0 Å². The monoisotopic (exact) mass is 304 g/mol. The van der Waals surface area contributed by atoms with Gasteiger partial charge in [0, 0.05) is 0 Å². The van der Waals surface area contributed by atoms with E-state index in [1.807, 2.05) is 13.8 Å². The molecule has 1 N–H and O–H groups in total. The largest absolute Gasteiger partial charge is 0.390 e. The van der Waals surface area contributed by atoms with Crippen LogP contribution < -0.4 is 0 Å². The summed E-state index contributed by atoms with van der Waals surface area (Å²) in [4.78, 5) is 0. The Bertz CT molecular complexity index is 474. The van der Waals surface area contributed by atoms with Crippen LogP contribution in [0.25, 0.3) is 0 Å². The molecule has 1 saturated carbocycles. The normalized spacial score (nSPS) is 38.8. The molecule has 2 unspecified atom stereocenters. The van der Waals surface area contributed by atoms with Crippen LogP contribution in [0, 0.1) is 17.3 Å². The highest BCUT2D eigenvalue weighted by molar-refractivity contribution is 5.18. The fourth-order valence-electron chi connectivity index (χ4n) is 3.93. The van der Waals surface area contributed by atoms with Gasteiger partial charge in [-0.3, -0.25) is 0 Å². The van der Waals surface area contributed by atoms with Crippen molar-refractivity contribution in [3.63, 3.8) is 0 Å². The molecule has 2 rings (SSSR count). The van der Waals surface area contributed by atoms with Crippen molar-refractivity contribution in [2.45, 2.75) is 65.1 Å². The zero-order chi connectivity index (χ0) is 16.5. The maximum atomic E-state index is 10.2. The molecule has 0 spiro atoms. The predicted octanol–water partition coefficient (Wildman–Crippen LogP) is 4.66. The molecule has 0 saturated heterocycles. The SMILES string of the molecule is C=C[C@@]1(C)CCC(C2=CCC(O)C(C)(C)OC2)C[C@@H]1C(=C)C. The van der Waals surface area contributed by atoms with Crippen LogP contribution >= 0.6 is 0 Å². The number of rotatable bonds is 3. The Morgan fingerprint density at radius 3 is 2.68 bits per heavy atom. The minimum absolute atomic E-state index is 0.160. The van der Waals surface area contributed by atoms with Crippen molar-refractivity contribution < 1.29 is 9.84 Å². The number of hydrogen-bond acceptors (Lipinski definition) is 2. The van der Waals surface area contributed by atoms with Crippen LogP contribution in [0.4, 0.5) is 0 Å². The van der Waals surface area contributed by atoms with Crippen molar-refractivity contribution in [2.75, 3.05) is 6.61 Å². The van der Waals surface area contributed by atoms with Gasteiger partial charge in [0.15, 0.2) is 0 Å². The molecule has 4 atom stereocenters. The molecule has 1 aliphatic heterocycles. The van der Waals surface area contributed by atoms with Gasteiger partial charge in [0.1, 0.15) is 0 Å². The standard InChI is InChI=1S/C20H32O2/c1-7-20(6)11-10-15(12-17(20)14(2)3)16-8-9-18(21)19(4,5)22-13-16/h7-8,15,17-18,21H,1-2,9-13H2,3-6H3/t15?,17-,18?,20+/m1/s1. The molecule has 0 amide bonds. The van der Waals surface area contributed by atoms with Gasteiger partial charge in [-0.1, -0.05) is 31.2 Å². The highest BCUT2D eigenvalue weighted by Crippen LogP contribution is 2.49. The molecule has 0 aromatic carbocycles. The molecule has 0 radical (unpaired) electrons. The zero-order valence-corrected chi connectivity index (χ0v) is 14.7. The molecule has 2 nitrogen and oxygen atoms in total. The van der Waals surface area contributed by atoms with Crippen LogP contribution in [-0.4, -0.2) is 23.4 Å². The predicted molar refractivity (Wildman–Crippen MR) is 92.7 cm³/mol. The summed E-state index contributed by atoms with van der Waals surface area (Å²) in [6.07, 6.45) is 8.02. The second-order valence-electron chi connectivity index (χ2n) is 8.00. The van der Waals surface area contributed by atoms with E-state index in [0.717, 1.165) is 19.3 Å². The van der Waals surface area contributed by atoms with E-state index in [0.29, 0.717) is 24.9 Å². The molecule has 1 aliphatic carbocycles. The van der Waals surface area contributed by atoms with Gasteiger partial charge in [-0.2, -0.15) is 0 Å². The van der Waals surface area contributed by atoms with E-state index in [9.17, 15) is 5.11 Å². The minimum atomic E-state index is -0.462. The van der Waals surface area contributed by atoms with Crippen molar-refractivity contribution in [3.8, 4) is 0 Å². The first kappa shape index (κ1) is 17.5. The van der Waals surface area contributed by atoms with Crippen molar-refractivity contribution in [2.24, 2.45) is 17.3 Å². The number of allylic oxidation sites excluding steroid dienone is 2. The summed E-state index contributed by atoms with van der Waals surface area (Å²) >= 11 is 0. The average Bonchev–Trinajstić information content (AvgIpc) is 2.59. The van der Waals surface area contributed by atoms with E-state index in [1.54, 1.807) is 0 Å². The Morgan fingerprint density at radius 1 is 1.41 bits per heavy atom. The summed E-state index contributed by atoms with van der Waals surface area (Å²) in [5.74, 6) is 1.02. The third kappa shape index (κ3) is 3.38. The van der Waals surface area contributed by atoms with Gasteiger partial charge in [0.25, 0.3) is 0 Å². The summed E-state index contributed by atoms with van der Waals surface area (Å²) in [5, 5.41) is 10.2. The molecular formula is C20H32O2. The van der Waals surface area contributed by atoms with Crippen molar-refractivity contribution in [3.05, 3.63) is 36.5 Å². The van der Waals surface area contributed by atoms with Crippen LogP contribution in [-0.2, 0) is 4.74 Å². The molecule has 0 aromatic rings. The van der Waals surface area contributed by atoms with E-state index in [1.165, 1.54) is 11.1 Å². The fourth-order valence-corrected chi connectivity index (χ4v) is 3.93. The number of ether oxygens (including phenoxy) is 1. The quantitative estimate of drug-likeness (QED) is 0.769. The zero-order valence-electron chi connectivity index (χ0n) is 14.7. The topological polar surface area (TPSA) is 29.5 Å². The summed E-state index contributed by atoms with van der Waals surface area (Å²) in [7, 11) is 0. The minimum Gasteiger partial charge on any atom is -0.390 e. The maximum absolute atomic E-state index is 10.2. The fraction of sp³-hybridized carbons (Fsp3) is 0.700. The molecule has 124 valence electrons. The number of aliphatic hydroxyl groups is 1. The smallest absolute Gasteiger partial charge is 0.0891 e. The lowest BCUT2D eigenvalue weighted by molar-refractivity contribution is -0.0881. The van der Waals surface area contributed by atoms with Gasteiger partial charge >= 0.3 is 0 Å². The molecule has 2 aliphatic rings. The summed E-state index contributed by atoms with van der Waals surface area (Å²) < 4.78 is 5.98. The lowest BCUT2D eigenvalue weighted by atomic mass is 9.61. The second-order valence-corrected chi connectivity index (χ2v) is 8.00. The Hall–Kier alpha value is -0.860. The average molecular weight is 304 g/mol. The van der Waals surface area contributed by atoms with E-state index in [-0.39, 0.29) is 5.41 Å². The second kappa shape index (κ2) is 6.33. The van der Waals surface area contributed by atoms with Crippen molar-refractivity contribution in [1.82, 2.24) is 0 Å². The van der Waals surface area contributed by atoms with Crippen LogP contribution in [0.3, 0.4) is 0 Å². The molecule has 0 aromatic heterocycles. The van der Waals surface area contributed by atoms with E-state index < -0.39 is 11.7 Å². The van der Waals surface area contributed by atoms with Crippen LogP contribution in [0.1, 0.15) is 53.4 Å². The Kier molecular flexibility index (Phi) is 5.03. The van der Waals surface area contributed by atoms with Crippen molar-refractivity contribution in [1.29, 1.82) is 0 Å². The molecule has 1 fully saturated rings. The third-order valence-electron chi connectivity index (χ3n) is 5.95. The molecular weight excluding hydrogens is 272 g/mol. The van der Waals surface area contributed by atoms with Crippen LogP contribution in [0.2, 0.25) is 0 Å². The highest BCUT2D eigenvalue weighted by atomic mass is 16.5. The van der Waals surface area contributed by atoms with E-state index in [2.05, 4.69) is 39.2 Å². The summed E-state index contributed by atoms with van der Waals surface area (Å²) in [6, 6.07) is 0. The Labute approximate surface area is 136 Å². The summed E-state index contributed by atoms with van der Waals surface area (Å²) in [5.41, 5.74) is 2.31. The van der Waals surface area contributed by atoms with Gasteiger partial charge in [-0.25, -0.2) is 0 Å². The molecule has 2 heteroatoms. The number of aliphatic hydroxyl groups excluding tert-OH is 1. The van der Waals surface area contributed by atoms with E-state index in [4.69, 9.17) is 4.74 Å². The Morgan fingerprint density at radius 2 is 2.09 bits per heavy atom. The third-order valence-corrected chi connectivity index (χ3v) is 5.95. The lowest BCUT2D eigenvalue weighted by Crippen LogP contribution is -2.38. The van der Waals surface area contributed by atoms with E-state index >= 15 is 0 Å². The first-order valence-corrected chi connectivity index (χ1v) is 8.49. The highest BCUT2D eigenvalue weighted by Gasteiger charge is 2.40. The van der Waals surface area contributed by atoms with Gasteiger partial charge < -0.3 is 9.84 Å². The molecule has 0 bridgehead atoms.